The zero-order valence-corrected chi connectivity index (χ0v) is 30.5. The van der Waals surface area contributed by atoms with E-state index in [0.717, 1.165) is 60.5 Å². The molecular formula is C51H32N2OS. The van der Waals surface area contributed by atoms with Gasteiger partial charge in [0, 0.05) is 44.2 Å². The van der Waals surface area contributed by atoms with Crippen LogP contribution in [0.25, 0.3) is 86.5 Å². The fourth-order valence-corrected chi connectivity index (χ4v) is 9.12. The Kier molecular flexibility index (Phi) is 7.35. The number of rotatable bonds is 6. The summed E-state index contributed by atoms with van der Waals surface area (Å²) >= 11 is 1.77. The van der Waals surface area contributed by atoms with Crippen LogP contribution in [0.15, 0.2) is 199 Å². The fourth-order valence-electron chi connectivity index (χ4n) is 8.00. The summed E-state index contributed by atoms with van der Waals surface area (Å²) in [6.45, 7) is 0. The van der Waals surface area contributed by atoms with E-state index in [4.69, 9.17) is 9.40 Å². The van der Waals surface area contributed by atoms with Crippen LogP contribution in [0.5, 0.6) is 0 Å². The minimum atomic E-state index is 0.906. The highest BCUT2D eigenvalue weighted by Gasteiger charge is 2.18. The first kappa shape index (κ1) is 31.5. The van der Waals surface area contributed by atoms with Crippen molar-refractivity contribution in [3.05, 3.63) is 194 Å². The molecule has 258 valence electrons. The quantitative estimate of drug-likeness (QED) is 0.160. The van der Waals surface area contributed by atoms with Gasteiger partial charge in [0.25, 0.3) is 0 Å². The lowest BCUT2D eigenvalue weighted by Gasteiger charge is -2.25. The molecule has 0 unspecified atom stereocenters. The Bertz CT molecular complexity index is 3150. The van der Waals surface area contributed by atoms with E-state index >= 15 is 0 Å². The molecule has 55 heavy (non-hydrogen) atoms. The van der Waals surface area contributed by atoms with Gasteiger partial charge in [0.15, 0.2) is 0 Å². The number of thiazole rings is 1. The second-order valence-electron chi connectivity index (χ2n) is 13.9. The summed E-state index contributed by atoms with van der Waals surface area (Å²) in [5, 5.41) is 8.08. The van der Waals surface area contributed by atoms with E-state index in [-0.39, 0.29) is 0 Å². The van der Waals surface area contributed by atoms with Gasteiger partial charge in [-0.25, -0.2) is 4.98 Å². The average Bonchev–Trinajstić information content (AvgIpc) is 3.88. The van der Waals surface area contributed by atoms with Crippen molar-refractivity contribution in [2.75, 3.05) is 4.90 Å². The molecule has 4 heteroatoms. The molecule has 0 N–H and O–H groups in total. The Morgan fingerprint density at radius 3 is 1.58 bits per heavy atom. The molecule has 0 aliphatic carbocycles. The first-order chi connectivity index (χ1) is 27.2. The van der Waals surface area contributed by atoms with E-state index in [9.17, 15) is 0 Å². The van der Waals surface area contributed by atoms with E-state index in [0.29, 0.717) is 0 Å². The SMILES string of the molecule is c1ccc(-c2ccc3c(c2)c2cc(-c4ccc5oc6ccccc6c5c4)ccc2c2sc(-c4ccc(N(c5ccccc5)c5ccccc5)cc4)nc32)cc1. The maximum absolute atomic E-state index is 6.16. The molecule has 0 spiro atoms. The van der Waals surface area contributed by atoms with Crippen molar-refractivity contribution in [3.63, 3.8) is 0 Å². The van der Waals surface area contributed by atoms with Gasteiger partial charge < -0.3 is 9.32 Å². The molecule has 0 amide bonds. The number of fused-ring (bicyclic) bond motifs is 9. The molecular weight excluding hydrogens is 689 g/mol. The summed E-state index contributed by atoms with van der Waals surface area (Å²) in [4.78, 5) is 7.68. The largest absolute Gasteiger partial charge is 0.456 e. The summed E-state index contributed by atoms with van der Waals surface area (Å²) in [6.07, 6.45) is 0. The number of hydrogen-bond acceptors (Lipinski definition) is 4. The Balaban J connectivity index is 1.07. The predicted octanol–water partition coefficient (Wildman–Crippen LogP) is 15.0. The normalized spacial score (nSPS) is 11.6. The smallest absolute Gasteiger partial charge is 0.135 e. The number of hydrogen-bond donors (Lipinski definition) is 0. The molecule has 0 saturated carbocycles. The summed E-state index contributed by atoms with van der Waals surface area (Å²) < 4.78 is 7.37. The highest BCUT2D eigenvalue weighted by molar-refractivity contribution is 7.22. The summed E-state index contributed by atoms with van der Waals surface area (Å²) in [7, 11) is 0. The highest BCUT2D eigenvalue weighted by Crippen LogP contribution is 2.44. The Morgan fingerprint density at radius 2 is 0.873 bits per heavy atom. The van der Waals surface area contributed by atoms with Crippen LogP contribution in [-0.4, -0.2) is 4.98 Å². The van der Waals surface area contributed by atoms with Gasteiger partial charge in [-0.2, -0.15) is 0 Å². The molecule has 0 radical (unpaired) electrons. The van der Waals surface area contributed by atoms with Gasteiger partial charge in [-0.3, -0.25) is 0 Å². The van der Waals surface area contributed by atoms with Crippen molar-refractivity contribution in [1.82, 2.24) is 4.98 Å². The Hall–Kier alpha value is -7.01. The van der Waals surface area contributed by atoms with Gasteiger partial charge in [0.2, 0.25) is 0 Å². The monoisotopic (exact) mass is 720 g/mol. The molecule has 0 fully saturated rings. The maximum Gasteiger partial charge on any atom is 0.135 e. The van der Waals surface area contributed by atoms with E-state index in [2.05, 4.69) is 187 Å². The first-order valence-electron chi connectivity index (χ1n) is 18.5. The van der Waals surface area contributed by atoms with Crippen molar-refractivity contribution in [1.29, 1.82) is 0 Å². The molecule has 0 aliphatic heterocycles. The molecule has 11 aromatic rings. The van der Waals surface area contributed by atoms with Gasteiger partial charge in [0.05, 0.1) is 10.2 Å². The lowest BCUT2D eigenvalue weighted by molar-refractivity contribution is 0.669. The van der Waals surface area contributed by atoms with Gasteiger partial charge in [-0.05, 0) is 112 Å². The summed E-state index contributed by atoms with van der Waals surface area (Å²) in [5.74, 6) is 0. The molecule has 0 aliphatic rings. The number of benzene rings is 9. The molecule has 11 rings (SSSR count). The van der Waals surface area contributed by atoms with Crippen LogP contribution in [0.1, 0.15) is 0 Å². The molecule has 3 nitrogen and oxygen atoms in total. The van der Waals surface area contributed by atoms with Gasteiger partial charge in [-0.1, -0.05) is 115 Å². The number of para-hydroxylation sites is 3. The van der Waals surface area contributed by atoms with Crippen molar-refractivity contribution in [2.24, 2.45) is 0 Å². The fraction of sp³-hybridized carbons (Fsp3) is 0. The van der Waals surface area contributed by atoms with Gasteiger partial charge in [-0.15, -0.1) is 11.3 Å². The van der Waals surface area contributed by atoms with E-state index in [1.807, 2.05) is 12.1 Å². The third-order valence-corrected chi connectivity index (χ3v) is 11.8. The zero-order valence-electron chi connectivity index (χ0n) is 29.7. The lowest BCUT2D eigenvalue weighted by Crippen LogP contribution is -2.09. The number of nitrogens with zero attached hydrogens (tertiary/aromatic N) is 2. The van der Waals surface area contributed by atoms with Crippen LogP contribution in [0.2, 0.25) is 0 Å². The Morgan fingerprint density at radius 1 is 0.364 bits per heavy atom. The first-order valence-corrected chi connectivity index (χ1v) is 19.3. The van der Waals surface area contributed by atoms with Crippen LogP contribution in [0.3, 0.4) is 0 Å². The molecule has 0 saturated heterocycles. The zero-order chi connectivity index (χ0) is 36.3. The van der Waals surface area contributed by atoms with Gasteiger partial charge >= 0.3 is 0 Å². The molecule has 9 aromatic carbocycles. The summed E-state index contributed by atoms with van der Waals surface area (Å²) in [6, 6.07) is 69.1. The minimum Gasteiger partial charge on any atom is -0.456 e. The van der Waals surface area contributed by atoms with Crippen LogP contribution in [0, 0.1) is 0 Å². The molecule has 2 heterocycles. The van der Waals surface area contributed by atoms with Crippen LogP contribution in [-0.2, 0) is 0 Å². The van der Waals surface area contributed by atoms with Crippen molar-refractivity contribution >= 4 is 82.1 Å². The molecule has 0 atom stereocenters. The standard InChI is InChI=1S/C51H32N2OS/c1-4-12-33(13-5-1)35-22-27-42-44(30-35)45-31-36(37-24-29-48-46(32-37)41-18-10-11-19-47(41)54-48)23-28-43(45)50-49(42)52-51(55-50)34-20-25-40(26-21-34)53(38-14-6-2-7-15-38)39-16-8-3-9-17-39/h1-32H. The predicted molar refractivity (Wildman–Crippen MR) is 233 cm³/mol. The number of furan rings is 1. The average molecular weight is 721 g/mol. The lowest BCUT2D eigenvalue weighted by atomic mass is 9.93. The van der Waals surface area contributed by atoms with E-state index in [1.54, 1.807) is 11.3 Å². The summed E-state index contributed by atoms with van der Waals surface area (Å²) in [5.41, 5.74) is 12.0. The van der Waals surface area contributed by atoms with Crippen molar-refractivity contribution in [3.8, 4) is 32.8 Å². The van der Waals surface area contributed by atoms with Crippen molar-refractivity contribution in [2.45, 2.75) is 0 Å². The van der Waals surface area contributed by atoms with Crippen LogP contribution >= 0.6 is 11.3 Å². The molecule has 2 aromatic heterocycles. The second kappa shape index (κ2) is 12.8. The maximum atomic E-state index is 6.16. The molecule has 0 bridgehead atoms. The van der Waals surface area contributed by atoms with Crippen LogP contribution in [0.4, 0.5) is 17.1 Å². The highest BCUT2D eigenvalue weighted by atomic mass is 32.1. The number of aromatic nitrogens is 1. The van der Waals surface area contributed by atoms with Gasteiger partial charge in [0.1, 0.15) is 16.2 Å². The topological polar surface area (TPSA) is 29.3 Å². The Labute approximate surface area is 322 Å². The van der Waals surface area contributed by atoms with E-state index in [1.165, 1.54) is 43.1 Å². The number of anilines is 3. The third-order valence-electron chi connectivity index (χ3n) is 10.7. The van der Waals surface area contributed by atoms with E-state index < -0.39 is 0 Å². The minimum absolute atomic E-state index is 0.906. The van der Waals surface area contributed by atoms with Crippen LogP contribution < -0.4 is 4.90 Å². The van der Waals surface area contributed by atoms with Crippen molar-refractivity contribution < 1.29 is 4.42 Å². The second-order valence-corrected chi connectivity index (χ2v) is 14.9. The third kappa shape index (κ3) is 5.38.